The van der Waals surface area contributed by atoms with Gasteiger partial charge in [0.15, 0.2) is 0 Å². The SMILES string of the molecule is CCCN(C(N)=O)c1ccccc1C(=O)NCC1CCCCC1. The minimum Gasteiger partial charge on any atom is -0.352 e. The molecule has 0 aromatic heterocycles. The highest BCUT2D eigenvalue weighted by Crippen LogP contribution is 2.24. The minimum atomic E-state index is -0.528. The summed E-state index contributed by atoms with van der Waals surface area (Å²) in [4.78, 5) is 25.7. The van der Waals surface area contributed by atoms with Crippen molar-refractivity contribution in [2.24, 2.45) is 11.7 Å². The number of carbonyl (C=O) groups is 2. The van der Waals surface area contributed by atoms with Crippen molar-refractivity contribution in [3.63, 3.8) is 0 Å². The van der Waals surface area contributed by atoms with E-state index in [4.69, 9.17) is 5.73 Å². The monoisotopic (exact) mass is 317 g/mol. The number of hydrogen-bond acceptors (Lipinski definition) is 2. The first-order valence-electron chi connectivity index (χ1n) is 8.57. The summed E-state index contributed by atoms with van der Waals surface area (Å²) in [6.07, 6.45) is 6.96. The average Bonchev–Trinajstić information content (AvgIpc) is 2.58. The Kier molecular flexibility index (Phi) is 6.44. The number of nitrogens with zero attached hydrogens (tertiary/aromatic N) is 1. The molecule has 0 unspecified atom stereocenters. The van der Waals surface area contributed by atoms with Gasteiger partial charge in [0.25, 0.3) is 5.91 Å². The highest BCUT2D eigenvalue weighted by molar-refractivity contribution is 6.04. The molecule has 1 aromatic carbocycles. The van der Waals surface area contributed by atoms with Crippen molar-refractivity contribution in [3.8, 4) is 0 Å². The zero-order valence-electron chi connectivity index (χ0n) is 13.9. The van der Waals surface area contributed by atoms with Crippen LogP contribution in [-0.2, 0) is 0 Å². The first-order chi connectivity index (χ1) is 11.1. The molecule has 1 fully saturated rings. The second kappa shape index (κ2) is 8.56. The van der Waals surface area contributed by atoms with E-state index < -0.39 is 6.03 Å². The van der Waals surface area contributed by atoms with Crippen LogP contribution in [0.4, 0.5) is 10.5 Å². The number of carbonyl (C=O) groups excluding carboxylic acids is 2. The number of benzene rings is 1. The van der Waals surface area contributed by atoms with Crippen molar-refractivity contribution in [3.05, 3.63) is 29.8 Å². The van der Waals surface area contributed by atoms with Crippen molar-refractivity contribution < 1.29 is 9.59 Å². The van der Waals surface area contributed by atoms with Crippen molar-refractivity contribution in [1.82, 2.24) is 5.32 Å². The number of anilines is 1. The van der Waals surface area contributed by atoms with E-state index in [-0.39, 0.29) is 5.91 Å². The Hall–Kier alpha value is -2.04. The van der Waals surface area contributed by atoms with Crippen LogP contribution in [0.5, 0.6) is 0 Å². The summed E-state index contributed by atoms with van der Waals surface area (Å²) in [6.45, 7) is 3.18. The van der Waals surface area contributed by atoms with Crippen LogP contribution in [-0.4, -0.2) is 25.0 Å². The molecule has 1 aromatic rings. The van der Waals surface area contributed by atoms with E-state index in [9.17, 15) is 9.59 Å². The molecule has 5 heteroatoms. The quantitative estimate of drug-likeness (QED) is 0.844. The Morgan fingerprint density at radius 2 is 1.91 bits per heavy atom. The standard InChI is InChI=1S/C18H27N3O2/c1-2-12-21(18(19)23)16-11-7-6-10-15(16)17(22)20-13-14-8-4-3-5-9-14/h6-7,10-11,14H,2-5,8-9,12-13H2,1H3,(H2,19,23)(H,20,22). The number of nitrogens with one attached hydrogen (secondary N) is 1. The molecular weight excluding hydrogens is 290 g/mol. The third kappa shape index (κ3) is 4.71. The van der Waals surface area contributed by atoms with Crippen molar-refractivity contribution >= 4 is 17.6 Å². The molecule has 0 atom stereocenters. The smallest absolute Gasteiger partial charge is 0.319 e. The Bertz CT molecular complexity index is 539. The van der Waals surface area contributed by atoms with Gasteiger partial charge in [0.05, 0.1) is 11.3 Å². The van der Waals surface area contributed by atoms with E-state index in [0.29, 0.717) is 30.3 Å². The molecule has 0 heterocycles. The van der Waals surface area contributed by atoms with Crippen LogP contribution in [0.1, 0.15) is 55.8 Å². The fourth-order valence-electron chi connectivity index (χ4n) is 3.20. The minimum absolute atomic E-state index is 0.131. The summed E-state index contributed by atoms with van der Waals surface area (Å²) >= 11 is 0. The van der Waals surface area contributed by atoms with Gasteiger partial charge in [0.1, 0.15) is 0 Å². The molecule has 1 aliphatic rings. The molecule has 0 bridgehead atoms. The van der Waals surface area contributed by atoms with Gasteiger partial charge in [-0.3, -0.25) is 9.69 Å². The first-order valence-corrected chi connectivity index (χ1v) is 8.57. The third-order valence-electron chi connectivity index (χ3n) is 4.43. The van der Waals surface area contributed by atoms with Crippen LogP contribution >= 0.6 is 0 Å². The van der Waals surface area contributed by atoms with Crippen LogP contribution < -0.4 is 16.0 Å². The lowest BCUT2D eigenvalue weighted by Crippen LogP contribution is -2.38. The van der Waals surface area contributed by atoms with Gasteiger partial charge >= 0.3 is 6.03 Å². The van der Waals surface area contributed by atoms with Crippen LogP contribution in [0.15, 0.2) is 24.3 Å². The Morgan fingerprint density at radius 1 is 1.22 bits per heavy atom. The lowest BCUT2D eigenvalue weighted by atomic mass is 9.89. The first kappa shape index (κ1) is 17.3. The van der Waals surface area contributed by atoms with Gasteiger partial charge in [-0.15, -0.1) is 0 Å². The number of para-hydroxylation sites is 1. The van der Waals surface area contributed by atoms with Crippen molar-refractivity contribution in [1.29, 1.82) is 0 Å². The summed E-state index contributed by atoms with van der Waals surface area (Å²) in [5.74, 6) is 0.441. The predicted molar refractivity (Wildman–Crippen MR) is 92.6 cm³/mol. The molecule has 0 saturated heterocycles. The predicted octanol–water partition coefficient (Wildman–Crippen LogP) is 3.29. The molecule has 3 N–H and O–H groups in total. The molecule has 3 amide bonds. The second-order valence-corrected chi connectivity index (χ2v) is 6.22. The Balaban J connectivity index is 2.08. The van der Waals surface area contributed by atoms with Gasteiger partial charge in [-0.05, 0) is 37.3 Å². The van der Waals surface area contributed by atoms with E-state index >= 15 is 0 Å². The van der Waals surface area contributed by atoms with Gasteiger partial charge in [-0.25, -0.2) is 4.79 Å². The summed E-state index contributed by atoms with van der Waals surface area (Å²) in [6, 6.07) is 6.62. The molecule has 1 aliphatic carbocycles. The highest BCUT2D eigenvalue weighted by Gasteiger charge is 2.20. The number of amides is 3. The van der Waals surface area contributed by atoms with Crippen LogP contribution in [0.2, 0.25) is 0 Å². The van der Waals surface area contributed by atoms with Crippen LogP contribution in [0.3, 0.4) is 0 Å². The van der Waals surface area contributed by atoms with Crippen LogP contribution in [0.25, 0.3) is 0 Å². The topological polar surface area (TPSA) is 75.4 Å². The molecule has 5 nitrogen and oxygen atoms in total. The summed E-state index contributed by atoms with van der Waals surface area (Å²) < 4.78 is 0. The summed E-state index contributed by atoms with van der Waals surface area (Å²) in [7, 11) is 0. The number of urea groups is 1. The molecule has 2 rings (SSSR count). The van der Waals surface area contributed by atoms with Gasteiger partial charge in [0.2, 0.25) is 0 Å². The Morgan fingerprint density at radius 3 is 2.57 bits per heavy atom. The van der Waals surface area contributed by atoms with E-state index in [2.05, 4.69) is 5.32 Å². The van der Waals surface area contributed by atoms with Crippen molar-refractivity contribution in [2.45, 2.75) is 45.4 Å². The summed E-state index contributed by atoms with van der Waals surface area (Å²) in [5.41, 5.74) is 6.57. The fraction of sp³-hybridized carbons (Fsp3) is 0.556. The Labute approximate surface area is 138 Å². The van der Waals surface area contributed by atoms with E-state index in [1.807, 2.05) is 19.1 Å². The van der Waals surface area contributed by atoms with Gasteiger partial charge < -0.3 is 11.1 Å². The molecule has 0 spiro atoms. The van der Waals surface area contributed by atoms with E-state index in [1.165, 1.54) is 37.0 Å². The molecule has 0 radical (unpaired) electrons. The van der Waals surface area contributed by atoms with E-state index in [1.54, 1.807) is 12.1 Å². The van der Waals surface area contributed by atoms with Gasteiger partial charge in [-0.2, -0.15) is 0 Å². The molecule has 1 saturated carbocycles. The maximum Gasteiger partial charge on any atom is 0.319 e. The van der Waals surface area contributed by atoms with Gasteiger partial charge in [-0.1, -0.05) is 38.3 Å². The average molecular weight is 317 g/mol. The number of rotatable bonds is 6. The van der Waals surface area contributed by atoms with Gasteiger partial charge in [0, 0.05) is 13.1 Å². The maximum absolute atomic E-state index is 12.5. The highest BCUT2D eigenvalue weighted by atomic mass is 16.2. The number of hydrogen-bond donors (Lipinski definition) is 2. The normalized spacial score (nSPS) is 15.2. The molecule has 23 heavy (non-hydrogen) atoms. The van der Waals surface area contributed by atoms with E-state index in [0.717, 1.165) is 6.42 Å². The zero-order chi connectivity index (χ0) is 16.7. The third-order valence-corrected chi connectivity index (χ3v) is 4.43. The number of primary amides is 1. The fourth-order valence-corrected chi connectivity index (χ4v) is 3.20. The lowest BCUT2D eigenvalue weighted by Gasteiger charge is -2.24. The van der Waals surface area contributed by atoms with Crippen molar-refractivity contribution in [2.75, 3.05) is 18.0 Å². The lowest BCUT2D eigenvalue weighted by molar-refractivity contribution is 0.0944. The zero-order valence-corrected chi connectivity index (χ0v) is 13.9. The maximum atomic E-state index is 12.5. The molecular formula is C18H27N3O2. The molecule has 0 aliphatic heterocycles. The largest absolute Gasteiger partial charge is 0.352 e. The molecule has 126 valence electrons. The van der Waals surface area contributed by atoms with Crippen LogP contribution in [0, 0.1) is 5.92 Å². The second-order valence-electron chi connectivity index (χ2n) is 6.22. The summed E-state index contributed by atoms with van der Waals surface area (Å²) in [5, 5.41) is 3.03. The number of nitrogens with two attached hydrogens (primary N) is 1.